The highest BCUT2D eigenvalue weighted by Gasteiger charge is 2.12. The number of hydrogen-bond donors (Lipinski definition) is 0. The van der Waals surface area contributed by atoms with E-state index in [9.17, 15) is 4.79 Å². The van der Waals surface area contributed by atoms with Crippen molar-refractivity contribution < 1.29 is 9.53 Å². The normalized spacial score (nSPS) is 10.5. The molecule has 2 rings (SSSR count). The summed E-state index contributed by atoms with van der Waals surface area (Å²) in [5.41, 5.74) is 0.565. The Balaban J connectivity index is 2.16. The standard InChI is InChI=1S/C13H13ClN2O2S/c1-16-11(14)7-15-12(16)8-19-10-6-4-3-5-9(10)13(17)18-2/h3-7H,8H2,1-2H3. The number of hydrogen-bond acceptors (Lipinski definition) is 4. The molecule has 0 aliphatic heterocycles. The van der Waals surface area contributed by atoms with Crippen LogP contribution in [0.5, 0.6) is 0 Å². The molecule has 0 N–H and O–H groups in total. The second-order valence-electron chi connectivity index (χ2n) is 3.83. The van der Waals surface area contributed by atoms with Crippen molar-refractivity contribution in [3.05, 3.63) is 47.0 Å². The molecular formula is C13H13ClN2O2S. The number of carbonyl (C=O) groups excluding carboxylic acids is 1. The lowest BCUT2D eigenvalue weighted by Crippen LogP contribution is -2.03. The maximum Gasteiger partial charge on any atom is 0.338 e. The largest absolute Gasteiger partial charge is 0.465 e. The summed E-state index contributed by atoms with van der Waals surface area (Å²) >= 11 is 7.46. The maximum absolute atomic E-state index is 11.6. The average molecular weight is 297 g/mol. The predicted octanol–water partition coefficient (Wildman–Crippen LogP) is 3.15. The number of carbonyl (C=O) groups is 1. The number of halogens is 1. The molecule has 6 heteroatoms. The van der Waals surface area contributed by atoms with Crippen LogP contribution in [0.25, 0.3) is 0 Å². The van der Waals surface area contributed by atoms with Crippen LogP contribution >= 0.6 is 23.4 Å². The van der Waals surface area contributed by atoms with Crippen molar-refractivity contribution in [2.24, 2.45) is 7.05 Å². The monoisotopic (exact) mass is 296 g/mol. The van der Waals surface area contributed by atoms with Crippen LogP contribution in [0.2, 0.25) is 5.15 Å². The Hall–Kier alpha value is -1.46. The fourth-order valence-corrected chi connectivity index (χ4v) is 2.75. The maximum atomic E-state index is 11.6. The van der Waals surface area contributed by atoms with Crippen molar-refractivity contribution >= 4 is 29.3 Å². The topological polar surface area (TPSA) is 44.1 Å². The van der Waals surface area contributed by atoms with Crippen LogP contribution in [0.15, 0.2) is 35.4 Å². The third-order valence-corrected chi connectivity index (χ3v) is 4.10. The summed E-state index contributed by atoms with van der Waals surface area (Å²) in [5, 5.41) is 0.594. The van der Waals surface area contributed by atoms with Crippen molar-refractivity contribution in [3.63, 3.8) is 0 Å². The smallest absolute Gasteiger partial charge is 0.338 e. The molecule has 0 spiro atoms. The lowest BCUT2D eigenvalue weighted by atomic mass is 10.2. The summed E-state index contributed by atoms with van der Waals surface area (Å²) in [7, 11) is 3.24. The molecular weight excluding hydrogens is 284 g/mol. The van der Waals surface area contributed by atoms with E-state index in [1.165, 1.54) is 18.9 Å². The van der Waals surface area contributed by atoms with Gasteiger partial charge in [0.2, 0.25) is 0 Å². The van der Waals surface area contributed by atoms with E-state index in [-0.39, 0.29) is 5.97 Å². The van der Waals surface area contributed by atoms with E-state index >= 15 is 0 Å². The van der Waals surface area contributed by atoms with Crippen LogP contribution in [0, 0.1) is 0 Å². The third kappa shape index (κ3) is 3.11. The molecule has 1 aromatic heterocycles. The molecule has 0 unspecified atom stereocenters. The quantitative estimate of drug-likeness (QED) is 0.642. The third-order valence-electron chi connectivity index (χ3n) is 2.68. The number of esters is 1. The van der Waals surface area contributed by atoms with Gasteiger partial charge in [0.25, 0.3) is 0 Å². The number of thioether (sulfide) groups is 1. The first kappa shape index (κ1) is 14.0. The highest BCUT2D eigenvalue weighted by atomic mass is 35.5. The molecule has 100 valence electrons. The summed E-state index contributed by atoms with van der Waals surface area (Å²) in [5.74, 6) is 1.16. The van der Waals surface area contributed by atoms with Gasteiger partial charge in [0.05, 0.1) is 24.6 Å². The van der Waals surface area contributed by atoms with Crippen molar-refractivity contribution in [3.8, 4) is 0 Å². The molecule has 2 aromatic rings. The van der Waals surface area contributed by atoms with Gasteiger partial charge in [-0.2, -0.15) is 0 Å². The Bertz CT molecular complexity index is 598. The van der Waals surface area contributed by atoms with Crippen LogP contribution in [-0.2, 0) is 17.5 Å². The Morgan fingerprint density at radius 1 is 1.47 bits per heavy atom. The van der Waals surface area contributed by atoms with Crippen molar-refractivity contribution in [2.45, 2.75) is 10.6 Å². The van der Waals surface area contributed by atoms with Crippen molar-refractivity contribution in [1.82, 2.24) is 9.55 Å². The molecule has 0 atom stereocenters. The molecule has 0 fully saturated rings. The molecule has 0 aliphatic carbocycles. The number of imidazole rings is 1. The van der Waals surface area contributed by atoms with E-state index in [2.05, 4.69) is 4.98 Å². The summed E-state index contributed by atoms with van der Waals surface area (Å²) in [6.07, 6.45) is 1.61. The Morgan fingerprint density at radius 3 is 2.84 bits per heavy atom. The van der Waals surface area contributed by atoms with Crippen LogP contribution in [-0.4, -0.2) is 22.6 Å². The second-order valence-corrected chi connectivity index (χ2v) is 5.24. The van der Waals surface area contributed by atoms with E-state index in [1.807, 2.05) is 29.8 Å². The molecule has 1 aromatic carbocycles. The van der Waals surface area contributed by atoms with E-state index in [4.69, 9.17) is 16.3 Å². The number of rotatable bonds is 4. The van der Waals surface area contributed by atoms with E-state index < -0.39 is 0 Å². The molecule has 0 amide bonds. The molecule has 19 heavy (non-hydrogen) atoms. The van der Waals surface area contributed by atoms with Gasteiger partial charge < -0.3 is 9.30 Å². The lowest BCUT2D eigenvalue weighted by Gasteiger charge is -2.07. The Labute approximate surface area is 120 Å². The first-order valence-electron chi connectivity index (χ1n) is 5.59. The van der Waals surface area contributed by atoms with Gasteiger partial charge in [-0.3, -0.25) is 0 Å². The first-order valence-corrected chi connectivity index (χ1v) is 6.96. The summed E-state index contributed by atoms with van der Waals surface area (Å²) in [6.45, 7) is 0. The van der Waals surface area contributed by atoms with Crippen LogP contribution in [0.4, 0.5) is 0 Å². The number of nitrogens with zero attached hydrogens (tertiary/aromatic N) is 2. The van der Waals surface area contributed by atoms with Gasteiger partial charge in [0.15, 0.2) is 0 Å². The van der Waals surface area contributed by atoms with Gasteiger partial charge in [-0.05, 0) is 12.1 Å². The molecule has 1 heterocycles. The zero-order valence-electron chi connectivity index (χ0n) is 10.6. The number of benzene rings is 1. The van der Waals surface area contributed by atoms with Gasteiger partial charge in [-0.1, -0.05) is 23.7 Å². The molecule has 0 aliphatic rings. The number of ether oxygens (including phenoxy) is 1. The van der Waals surface area contributed by atoms with Gasteiger partial charge in [-0.15, -0.1) is 11.8 Å². The first-order chi connectivity index (χ1) is 9.13. The van der Waals surface area contributed by atoms with Gasteiger partial charge in [0.1, 0.15) is 11.0 Å². The summed E-state index contributed by atoms with van der Waals surface area (Å²) in [6, 6.07) is 7.34. The van der Waals surface area contributed by atoms with E-state index in [0.29, 0.717) is 16.5 Å². The fourth-order valence-electron chi connectivity index (χ4n) is 1.57. The molecule has 4 nitrogen and oxygen atoms in total. The zero-order valence-corrected chi connectivity index (χ0v) is 12.2. The zero-order chi connectivity index (χ0) is 13.8. The summed E-state index contributed by atoms with van der Waals surface area (Å²) in [4.78, 5) is 16.7. The predicted molar refractivity (Wildman–Crippen MR) is 75.6 cm³/mol. The fraction of sp³-hybridized carbons (Fsp3) is 0.231. The van der Waals surface area contributed by atoms with Crippen LogP contribution in [0.1, 0.15) is 16.2 Å². The van der Waals surface area contributed by atoms with Crippen molar-refractivity contribution in [1.29, 1.82) is 0 Å². The number of aromatic nitrogens is 2. The van der Waals surface area contributed by atoms with Crippen LogP contribution < -0.4 is 0 Å². The van der Waals surface area contributed by atoms with Crippen LogP contribution in [0.3, 0.4) is 0 Å². The molecule has 0 saturated carbocycles. The molecule has 0 radical (unpaired) electrons. The van der Waals surface area contributed by atoms with Gasteiger partial charge in [0, 0.05) is 11.9 Å². The minimum Gasteiger partial charge on any atom is -0.465 e. The lowest BCUT2D eigenvalue weighted by molar-refractivity contribution is 0.0597. The molecule has 0 bridgehead atoms. The molecule has 0 saturated heterocycles. The second kappa shape index (κ2) is 6.12. The van der Waals surface area contributed by atoms with Gasteiger partial charge >= 0.3 is 5.97 Å². The highest BCUT2D eigenvalue weighted by molar-refractivity contribution is 7.98. The SMILES string of the molecule is COC(=O)c1ccccc1SCc1ncc(Cl)n1C. The minimum absolute atomic E-state index is 0.332. The minimum atomic E-state index is -0.332. The highest BCUT2D eigenvalue weighted by Crippen LogP contribution is 2.27. The van der Waals surface area contributed by atoms with Crippen molar-refractivity contribution in [2.75, 3.05) is 7.11 Å². The van der Waals surface area contributed by atoms with Gasteiger partial charge in [-0.25, -0.2) is 9.78 Å². The average Bonchev–Trinajstić information content (AvgIpc) is 2.76. The number of methoxy groups -OCH3 is 1. The van der Waals surface area contributed by atoms with E-state index in [1.54, 1.807) is 12.3 Å². The Kier molecular flexibility index (Phi) is 4.50. The summed E-state index contributed by atoms with van der Waals surface area (Å²) < 4.78 is 6.58. The van der Waals surface area contributed by atoms with E-state index in [0.717, 1.165) is 10.7 Å². The Morgan fingerprint density at radius 2 is 2.21 bits per heavy atom.